The summed E-state index contributed by atoms with van der Waals surface area (Å²) in [7, 11) is 0. The summed E-state index contributed by atoms with van der Waals surface area (Å²) in [6.07, 6.45) is 5.89. The zero-order chi connectivity index (χ0) is 20.8. The van der Waals surface area contributed by atoms with Crippen molar-refractivity contribution < 1.29 is 17.9 Å². The molecule has 0 radical (unpaired) electrons. The molecule has 152 valence electrons. The van der Waals surface area contributed by atoms with Crippen LogP contribution in [0.4, 0.5) is 13.2 Å². The molecule has 0 bridgehead atoms. The summed E-state index contributed by atoms with van der Waals surface area (Å²) in [5, 5.41) is 0. The zero-order valence-electron chi connectivity index (χ0n) is 16.6. The Labute approximate surface area is 170 Å². The monoisotopic (exact) mass is 398 g/mol. The molecule has 0 aliphatic heterocycles. The first-order valence-corrected chi connectivity index (χ1v) is 9.99. The van der Waals surface area contributed by atoms with Gasteiger partial charge in [0.25, 0.3) is 0 Å². The lowest BCUT2D eigenvalue weighted by atomic mass is 9.79. The van der Waals surface area contributed by atoms with Gasteiger partial charge in [-0.25, -0.2) is 13.2 Å². The smallest absolute Gasteiger partial charge is 0.174 e. The van der Waals surface area contributed by atoms with Crippen molar-refractivity contribution in [3.8, 4) is 17.6 Å². The standard InChI is InChI=1S/C25H25F3O/c1-3-4-15-29-23-14-13-21(16-22(23)26)19-10-6-18(7-11-19)8-12-20-9-5-17(2)24(27)25(20)28/h3,5,9,13-14,16,18-19H,1,4,6-7,10-11,15H2,2H3. The first-order valence-electron chi connectivity index (χ1n) is 9.99. The van der Waals surface area contributed by atoms with Gasteiger partial charge in [0.2, 0.25) is 0 Å². The highest BCUT2D eigenvalue weighted by Crippen LogP contribution is 2.36. The molecule has 1 saturated carbocycles. The SMILES string of the molecule is C=CCCOc1ccc(C2CCC(C#Cc3ccc(C)c(F)c3F)CC2)cc1F. The van der Waals surface area contributed by atoms with Gasteiger partial charge in [-0.1, -0.05) is 30.0 Å². The predicted molar refractivity (Wildman–Crippen MR) is 109 cm³/mol. The molecule has 1 aliphatic carbocycles. The van der Waals surface area contributed by atoms with Crippen molar-refractivity contribution in [1.82, 2.24) is 0 Å². The van der Waals surface area contributed by atoms with E-state index in [0.29, 0.717) is 13.0 Å². The molecule has 0 unspecified atom stereocenters. The zero-order valence-corrected chi connectivity index (χ0v) is 16.6. The first kappa shape index (κ1) is 21.0. The molecule has 29 heavy (non-hydrogen) atoms. The lowest BCUT2D eigenvalue weighted by Crippen LogP contribution is -2.12. The van der Waals surface area contributed by atoms with E-state index in [4.69, 9.17) is 4.74 Å². The first-order chi connectivity index (χ1) is 14.0. The molecule has 0 atom stereocenters. The number of ether oxygens (including phenoxy) is 1. The molecule has 1 nitrogen and oxygen atoms in total. The number of rotatable bonds is 5. The van der Waals surface area contributed by atoms with Gasteiger partial charge in [0.05, 0.1) is 12.2 Å². The van der Waals surface area contributed by atoms with Gasteiger partial charge in [0, 0.05) is 5.92 Å². The molecular formula is C25H25F3O. The highest BCUT2D eigenvalue weighted by atomic mass is 19.2. The van der Waals surface area contributed by atoms with E-state index in [1.54, 1.807) is 24.3 Å². The van der Waals surface area contributed by atoms with Crippen LogP contribution in [-0.2, 0) is 0 Å². The van der Waals surface area contributed by atoms with E-state index in [-0.39, 0.29) is 34.5 Å². The Bertz CT molecular complexity index is 931. The topological polar surface area (TPSA) is 9.23 Å². The number of benzene rings is 2. The van der Waals surface area contributed by atoms with Crippen molar-refractivity contribution in [1.29, 1.82) is 0 Å². The van der Waals surface area contributed by atoms with Crippen LogP contribution in [0.1, 0.15) is 54.7 Å². The second-order valence-corrected chi connectivity index (χ2v) is 7.49. The summed E-state index contributed by atoms with van der Waals surface area (Å²) in [4.78, 5) is 0. The molecule has 2 aromatic carbocycles. The minimum Gasteiger partial charge on any atom is -0.490 e. The van der Waals surface area contributed by atoms with Gasteiger partial charge >= 0.3 is 0 Å². The second-order valence-electron chi connectivity index (χ2n) is 7.49. The lowest BCUT2D eigenvalue weighted by Gasteiger charge is -2.26. The van der Waals surface area contributed by atoms with Crippen LogP contribution < -0.4 is 4.74 Å². The van der Waals surface area contributed by atoms with Crippen LogP contribution in [0.15, 0.2) is 43.0 Å². The Morgan fingerprint density at radius 1 is 1.07 bits per heavy atom. The van der Waals surface area contributed by atoms with E-state index in [2.05, 4.69) is 18.4 Å². The Kier molecular flexibility index (Phi) is 7.04. The van der Waals surface area contributed by atoms with Crippen LogP contribution in [-0.4, -0.2) is 6.61 Å². The maximum atomic E-state index is 14.3. The van der Waals surface area contributed by atoms with Crippen LogP contribution in [0.5, 0.6) is 5.75 Å². The Hall–Kier alpha value is -2.67. The van der Waals surface area contributed by atoms with Crippen molar-refractivity contribution in [3.63, 3.8) is 0 Å². The number of halogens is 3. The third kappa shape index (κ3) is 5.23. The number of hydrogen-bond acceptors (Lipinski definition) is 1. The van der Waals surface area contributed by atoms with E-state index in [1.807, 2.05) is 6.07 Å². The third-order valence-electron chi connectivity index (χ3n) is 5.42. The van der Waals surface area contributed by atoms with E-state index in [1.165, 1.54) is 13.0 Å². The van der Waals surface area contributed by atoms with Gasteiger partial charge in [-0.2, -0.15) is 0 Å². The van der Waals surface area contributed by atoms with Crippen molar-refractivity contribution in [2.75, 3.05) is 6.61 Å². The maximum absolute atomic E-state index is 14.3. The fraction of sp³-hybridized carbons (Fsp3) is 0.360. The Morgan fingerprint density at radius 3 is 2.52 bits per heavy atom. The summed E-state index contributed by atoms with van der Waals surface area (Å²) >= 11 is 0. The van der Waals surface area contributed by atoms with Crippen molar-refractivity contribution in [2.24, 2.45) is 5.92 Å². The molecular weight excluding hydrogens is 373 g/mol. The Balaban J connectivity index is 1.59. The van der Waals surface area contributed by atoms with E-state index in [0.717, 1.165) is 31.2 Å². The fourth-order valence-corrected chi connectivity index (χ4v) is 3.63. The van der Waals surface area contributed by atoms with Crippen LogP contribution in [0.2, 0.25) is 0 Å². The molecule has 2 aromatic rings. The van der Waals surface area contributed by atoms with Crippen LogP contribution in [0, 0.1) is 42.1 Å². The van der Waals surface area contributed by atoms with E-state index < -0.39 is 11.6 Å². The largest absolute Gasteiger partial charge is 0.490 e. The van der Waals surface area contributed by atoms with Crippen molar-refractivity contribution in [3.05, 3.63) is 77.1 Å². The lowest BCUT2D eigenvalue weighted by molar-refractivity contribution is 0.307. The summed E-state index contributed by atoms with van der Waals surface area (Å²) in [6.45, 7) is 5.56. The average Bonchev–Trinajstić information content (AvgIpc) is 2.73. The molecule has 0 heterocycles. The number of aryl methyl sites for hydroxylation is 1. The van der Waals surface area contributed by atoms with Crippen molar-refractivity contribution >= 4 is 0 Å². The molecule has 0 aromatic heterocycles. The Morgan fingerprint density at radius 2 is 1.83 bits per heavy atom. The average molecular weight is 398 g/mol. The van der Waals surface area contributed by atoms with Crippen LogP contribution in [0.3, 0.4) is 0 Å². The molecule has 3 rings (SSSR count). The fourth-order valence-electron chi connectivity index (χ4n) is 3.63. The molecule has 0 amide bonds. The predicted octanol–water partition coefficient (Wildman–Crippen LogP) is 6.69. The molecule has 0 saturated heterocycles. The van der Waals surface area contributed by atoms with Crippen LogP contribution in [0.25, 0.3) is 0 Å². The highest BCUT2D eigenvalue weighted by Gasteiger charge is 2.22. The summed E-state index contributed by atoms with van der Waals surface area (Å²) in [6, 6.07) is 8.23. The highest BCUT2D eigenvalue weighted by molar-refractivity contribution is 5.39. The van der Waals surface area contributed by atoms with E-state index >= 15 is 0 Å². The maximum Gasteiger partial charge on any atom is 0.174 e. The summed E-state index contributed by atoms with van der Waals surface area (Å²) < 4.78 is 47.3. The molecule has 0 N–H and O–H groups in total. The van der Waals surface area contributed by atoms with Gasteiger partial charge in [0.15, 0.2) is 23.2 Å². The molecule has 1 aliphatic rings. The third-order valence-corrected chi connectivity index (χ3v) is 5.42. The van der Waals surface area contributed by atoms with E-state index in [9.17, 15) is 13.2 Å². The molecule has 1 fully saturated rings. The summed E-state index contributed by atoms with van der Waals surface area (Å²) in [5.74, 6) is 4.51. The quantitative estimate of drug-likeness (QED) is 0.310. The minimum absolute atomic E-state index is 0.101. The van der Waals surface area contributed by atoms with Gasteiger partial charge in [-0.3, -0.25) is 0 Å². The van der Waals surface area contributed by atoms with Gasteiger partial charge in [0.1, 0.15) is 0 Å². The minimum atomic E-state index is -0.878. The van der Waals surface area contributed by atoms with Crippen LogP contribution >= 0.6 is 0 Å². The molecule has 4 heteroatoms. The number of hydrogen-bond donors (Lipinski definition) is 0. The van der Waals surface area contributed by atoms with Gasteiger partial charge in [-0.15, -0.1) is 6.58 Å². The summed E-state index contributed by atoms with van der Waals surface area (Å²) in [5.41, 5.74) is 1.35. The second kappa shape index (κ2) is 9.69. The molecule has 0 spiro atoms. The normalized spacial score (nSPS) is 18.6. The van der Waals surface area contributed by atoms with Gasteiger partial charge in [-0.05, 0) is 74.3 Å². The van der Waals surface area contributed by atoms with Crippen molar-refractivity contribution in [2.45, 2.75) is 44.9 Å². The van der Waals surface area contributed by atoms with Gasteiger partial charge < -0.3 is 4.74 Å².